The standard InChI is InChI=1S/C13H21N3OS/c1-2-11-8-14-12(18-11)9-15-13(17)16-10-6-4-3-5-7-10/h8,10H,2-7,9H2,1H3,(H2,15,16,17). The van der Waals surface area contributed by atoms with Crippen molar-refractivity contribution in [3.63, 3.8) is 0 Å². The molecule has 0 saturated heterocycles. The summed E-state index contributed by atoms with van der Waals surface area (Å²) in [6, 6.07) is 0.302. The number of urea groups is 1. The van der Waals surface area contributed by atoms with E-state index in [0.717, 1.165) is 24.3 Å². The Hall–Kier alpha value is -1.10. The molecule has 0 bridgehead atoms. The zero-order valence-corrected chi connectivity index (χ0v) is 11.7. The van der Waals surface area contributed by atoms with Crippen LogP contribution < -0.4 is 10.6 Å². The minimum Gasteiger partial charge on any atom is -0.335 e. The van der Waals surface area contributed by atoms with Crippen molar-refractivity contribution in [1.29, 1.82) is 0 Å². The maximum atomic E-state index is 11.7. The lowest BCUT2D eigenvalue weighted by Gasteiger charge is -2.22. The molecule has 1 aliphatic carbocycles. The Morgan fingerprint density at radius 3 is 2.89 bits per heavy atom. The lowest BCUT2D eigenvalue weighted by Crippen LogP contribution is -2.42. The number of rotatable bonds is 4. The minimum absolute atomic E-state index is 0.0600. The van der Waals surface area contributed by atoms with Crippen LogP contribution in [0.5, 0.6) is 0 Å². The van der Waals surface area contributed by atoms with Crippen LogP contribution in [-0.4, -0.2) is 17.1 Å². The van der Waals surface area contributed by atoms with Crippen LogP contribution in [0.2, 0.25) is 0 Å². The van der Waals surface area contributed by atoms with Gasteiger partial charge in [0, 0.05) is 17.1 Å². The molecule has 1 saturated carbocycles. The molecule has 2 N–H and O–H groups in total. The Kier molecular flexibility index (Phi) is 4.99. The van der Waals surface area contributed by atoms with Crippen molar-refractivity contribution >= 4 is 17.4 Å². The van der Waals surface area contributed by atoms with Gasteiger partial charge in [-0.3, -0.25) is 0 Å². The monoisotopic (exact) mass is 267 g/mol. The van der Waals surface area contributed by atoms with Crippen LogP contribution in [-0.2, 0) is 13.0 Å². The number of nitrogens with zero attached hydrogens (tertiary/aromatic N) is 1. The maximum absolute atomic E-state index is 11.7. The van der Waals surface area contributed by atoms with E-state index in [1.54, 1.807) is 11.3 Å². The molecule has 0 spiro atoms. The number of thiazole rings is 1. The molecule has 5 heteroatoms. The van der Waals surface area contributed by atoms with Crippen LogP contribution in [0.1, 0.15) is 48.9 Å². The molecule has 1 fully saturated rings. The predicted molar refractivity (Wildman–Crippen MR) is 73.7 cm³/mol. The van der Waals surface area contributed by atoms with Gasteiger partial charge in [-0.05, 0) is 19.3 Å². The second-order valence-electron chi connectivity index (χ2n) is 4.74. The van der Waals surface area contributed by atoms with Crippen molar-refractivity contribution in [2.75, 3.05) is 0 Å². The fourth-order valence-corrected chi connectivity index (χ4v) is 3.03. The largest absolute Gasteiger partial charge is 0.335 e. The van der Waals surface area contributed by atoms with E-state index in [-0.39, 0.29) is 6.03 Å². The normalized spacial score (nSPS) is 16.5. The fraction of sp³-hybridized carbons (Fsp3) is 0.692. The zero-order valence-electron chi connectivity index (χ0n) is 10.9. The van der Waals surface area contributed by atoms with Gasteiger partial charge in [0.2, 0.25) is 0 Å². The van der Waals surface area contributed by atoms with Crippen molar-refractivity contribution in [3.8, 4) is 0 Å². The summed E-state index contributed by atoms with van der Waals surface area (Å²) >= 11 is 1.67. The highest BCUT2D eigenvalue weighted by atomic mass is 32.1. The van der Waals surface area contributed by atoms with Gasteiger partial charge in [-0.15, -0.1) is 11.3 Å². The van der Waals surface area contributed by atoms with Gasteiger partial charge in [0.1, 0.15) is 5.01 Å². The summed E-state index contributed by atoms with van der Waals surface area (Å²) < 4.78 is 0. The number of aryl methyl sites for hydroxylation is 1. The van der Waals surface area contributed by atoms with E-state index in [4.69, 9.17) is 0 Å². The molecule has 0 atom stereocenters. The van der Waals surface area contributed by atoms with Gasteiger partial charge in [-0.1, -0.05) is 26.2 Å². The Morgan fingerprint density at radius 1 is 1.44 bits per heavy atom. The SMILES string of the molecule is CCc1cnc(CNC(=O)NC2CCCCC2)s1. The Balaban J connectivity index is 1.70. The molecule has 18 heavy (non-hydrogen) atoms. The molecule has 1 heterocycles. The predicted octanol–water partition coefficient (Wildman–Crippen LogP) is 2.84. The van der Waals surface area contributed by atoms with E-state index in [1.165, 1.54) is 24.1 Å². The lowest BCUT2D eigenvalue weighted by atomic mass is 9.96. The quantitative estimate of drug-likeness (QED) is 0.881. The molecule has 0 aromatic carbocycles. The van der Waals surface area contributed by atoms with E-state index in [1.807, 2.05) is 6.20 Å². The molecule has 1 aliphatic rings. The summed E-state index contributed by atoms with van der Waals surface area (Å²) in [7, 11) is 0. The van der Waals surface area contributed by atoms with Crippen LogP contribution in [0.15, 0.2) is 6.20 Å². The molecule has 0 aliphatic heterocycles. The molecule has 0 radical (unpaired) electrons. The molecular weight excluding hydrogens is 246 g/mol. The molecule has 0 unspecified atom stereocenters. The Bertz CT molecular complexity index is 385. The van der Waals surface area contributed by atoms with E-state index >= 15 is 0 Å². The summed E-state index contributed by atoms with van der Waals surface area (Å²) in [6.07, 6.45) is 8.90. The number of nitrogens with one attached hydrogen (secondary N) is 2. The van der Waals surface area contributed by atoms with Crippen molar-refractivity contribution < 1.29 is 4.79 Å². The van der Waals surface area contributed by atoms with Gasteiger partial charge in [0.05, 0.1) is 6.54 Å². The third-order valence-electron chi connectivity index (χ3n) is 3.29. The summed E-state index contributed by atoms with van der Waals surface area (Å²) in [4.78, 5) is 17.3. The Labute approximate surface area is 112 Å². The summed E-state index contributed by atoms with van der Waals surface area (Å²) in [5.74, 6) is 0. The van der Waals surface area contributed by atoms with Gasteiger partial charge in [-0.25, -0.2) is 9.78 Å². The highest BCUT2D eigenvalue weighted by molar-refractivity contribution is 7.11. The van der Waals surface area contributed by atoms with E-state index in [0.29, 0.717) is 12.6 Å². The second kappa shape index (κ2) is 6.73. The van der Waals surface area contributed by atoms with Crippen LogP contribution in [0.25, 0.3) is 0 Å². The van der Waals surface area contributed by atoms with E-state index in [2.05, 4.69) is 22.5 Å². The first-order valence-electron chi connectivity index (χ1n) is 6.76. The number of amides is 2. The zero-order chi connectivity index (χ0) is 12.8. The summed E-state index contributed by atoms with van der Waals surface area (Å²) in [5, 5.41) is 6.90. The van der Waals surface area contributed by atoms with Gasteiger partial charge < -0.3 is 10.6 Å². The molecule has 1 aromatic rings. The maximum Gasteiger partial charge on any atom is 0.315 e. The third kappa shape index (κ3) is 3.98. The minimum atomic E-state index is -0.0600. The van der Waals surface area contributed by atoms with E-state index in [9.17, 15) is 4.79 Å². The molecule has 2 rings (SSSR count). The second-order valence-corrected chi connectivity index (χ2v) is 5.94. The first kappa shape index (κ1) is 13.3. The topological polar surface area (TPSA) is 54.0 Å². The number of carbonyl (C=O) groups excluding carboxylic acids is 1. The smallest absolute Gasteiger partial charge is 0.315 e. The summed E-state index contributed by atoms with van der Waals surface area (Å²) in [6.45, 7) is 2.64. The van der Waals surface area contributed by atoms with Crippen molar-refractivity contribution in [1.82, 2.24) is 15.6 Å². The van der Waals surface area contributed by atoms with Crippen LogP contribution >= 0.6 is 11.3 Å². The molecule has 1 aromatic heterocycles. The van der Waals surface area contributed by atoms with Crippen LogP contribution in [0.3, 0.4) is 0 Å². The molecule has 4 nitrogen and oxygen atoms in total. The van der Waals surface area contributed by atoms with Crippen molar-refractivity contribution in [2.45, 2.75) is 58.0 Å². The molecule has 2 amide bonds. The van der Waals surface area contributed by atoms with Crippen molar-refractivity contribution in [2.24, 2.45) is 0 Å². The third-order valence-corrected chi connectivity index (χ3v) is 4.43. The highest BCUT2D eigenvalue weighted by Gasteiger charge is 2.15. The highest BCUT2D eigenvalue weighted by Crippen LogP contribution is 2.17. The fourth-order valence-electron chi connectivity index (χ4n) is 2.23. The van der Waals surface area contributed by atoms with Gasteiger partial charge in [-0.2, -0.15) is 0 Å². The van der Waals surface area contributed by atoms with Crippen LogP contribution in [0, 0.1) is 0 Å². The van der Waals surface area contributed by atoms with Gasteiger partial charge in [0.25, 0.3) is 0 Å². The number of hydrogen-bond acceptors (Lipinski definition) is 3. The number of hydrogen-bond donors (Lipinski definition) is 2. The van der Waals surface area contributed by atoms with Crippen molar-refractivity contribution in [3.05, 3.63) is 16.1 Å². The molecular formula is C13H21N3OS. The first-order valence-corrected chi connectivity index (χ1v) is 7.57. The lowest BCUT2D eigenvalue weighted by molar-refractivity contribution is 0.232. The molecule has 100 valence electrons. The van der Waals surface area contributed by atoms with E-state index < -0.39 is 0 Å². The average Bonchev–Trinajstić information content (AvgIpc) is 2.85. The first-order chi connectivity index (χ1) is 8.78. The number of aromatic nitrogens is 1. The van der Waals surface area contributed by atoms with Gasteiger partial charge in [0.15, 0.2) is 0 Å². The Morgan fingerprint density at radius 2 is 2.22 bits per heavy atom. The summed E-state index contributed by atoms with van der Waals surface area (Å²) in [5.41, 5.74) is 0. The van der Waals surface area contributed by atoms with Crippen LogP contribution in [0.4, 0.5) is 4.79 Å². The average molecular weight is 267 g/mol. The van der Waals surface area contributed by atoms with Gasteiger partial charge >= 0.3 is 6.03 Å². The number of carbonyl (C=O) groups is 1.